The number of aliphatic hydroxyl groups is 1. The Kier molecular flexibility index (Phi) is 35.4. The summed E-state index contributed by atoms with van der Waals surface area (Å²) in [5, 5.41) is 49.0. The summed E-state index contributed by atoms with van der Waals surface area (Å²) in [5.74, 6) is -1.27. The van der Waals surface area contributed by atoms with Gasteiger partial charge in [0.05, 0.1) is 97.8 Å². The quantitative estimate of drug-likeness (QED) is 0.0117. The van der Waals surface area contributed by atoms with Crippen LogP contribution in [0.25, 0.3) is 5.57 Å². The van der Waals surface area contributed by atoms with Gasteiger partial charge in [-0.2, -0.15) is 0 Å². The number of hydrogen-bond donors (Lipinski definition) is 5. The molecule has 0 spiro atoms. The van der Waals surface area contributed by atoms with E-state index in [0.29, 0.717) is 60.9 Å². The number of esters is 4. The Labute approximate surface area is 740 Å². The maximum atomic E-state index is 12.3. The van der Waals surface area contributed by atoms with Crippen molar-refractivity contribution in [1.29, 1.82) is 0 Å². The lowest BCUT2D eigenvalue weighted by Crippen LogP contribution is -2.38. The summed E-state index contributed by atoms with van der Waals surface area (Å²) in [6, 6.07) is 64.5. The number of rotatable bonds is 25. The monoisotopic (exact) mass is 1760 g/mol. The molecule has 127 heavy (non-hydrogen) atoms. The highest BCUT2D eigenvalue weighted by molar-refractivity contribution is 6.31. The number of aromatic nitrogens is 5. The molecule has 35 heteroatoms. The van der Waals surface area contributed by atoms with Gasteiger partial charge in [-0.1, -0.05) is 193 Å². The molecule has 5 aromatic heterocycles. The maximum Gasteiger partial charge on any atom is 0.339 e. The molecular weight excluding hydrogens is 1670 g/mol. The second-order valence-electron chi connectivity index (χ2n) is 28.5. The van der Waals surface area contributed by atoms with Crippen molar-refractivity contribution in [2.45, 2.75) is 71.9 Å². The summed E-state index contributed by atoms with van der Waals surface area (Å²) < 4.78 is 18.5. The number of nitrogens with zero attached hydrogens (tertiary/aromatic N) is 12. The van der Waals surface area contributed by atoms with E-state index in [1.165, 1.54) is 49.1 Å². The zero-order valence-electron chi connectivity index (χ0n) is 69.7. The highest BCUT2D eigenvalue weighted by Gasteiger charge is 2.30. The minimum atomic E-state index is -1.33. The van der Waals surface area contributed by atoms with Gasteiger partial charge in [-0.05, 0) is 107 Å². The number of anilines is 7. The molecular formula is C92H91Cl2N15O18. The highest BCUT2D eigenvalue weighted by atomic mass is 35.5. The van der Waals surface area contributed by atoms with E-state index in [-0.39, 0.29) is 85.2 Å². The van der Waals surface area contributed by atoms with E-state index < -0.39 is 45.1 Å². The standard InChI is InChI=1S/C26H25ClN4O.C17H17N3O6.C16H15N3O3.C15H15N3O2.C11H14O2.C7H5ClN2O4/c27-23-8-6-21(7-9-23)22-10-12-30(13-11-22)16-20-14-24-26(28-15-20)31(18-25(32)29-24)17-19-4-2-1-3-5-19;1-2-26-15(21)11-19(10-12-6-4-3-5-7-12)16-14(20(24)25)8-13(9-18-16)17(22)23;1-22-16(21)12-7-13-15(17-8-12)19(10-14(20)18-13)9-11-5-3-2-4-6-11;19-10-12-6-13-15(16-7-12)18(9-14(20)17-13)8-11-4-2-1-3-5-11;1-13-11(12)9-5-8-10-6-3-2-4-7-10;1-14-7(11)4-2-5(10(12)13)6(8)9-3-4/h1-10,14-15H,11-13,16-18H2,(H,29,32);3-9H,2,10-11H2,1H3,(H,22,23);2-8H,9-10H2,1H3,(H,18,20);1-7,19H,8-10H2,(H,17,20);2-4,6-7H,5,8-9H2,1H3;2-3H,1H3. The van der Waals surface area contributed by atoms with Crippen molar-refractivity contribution in [3.8, 4) is 0 Å². The van der Waals surface area contributed by atoms with Gasteiger partial charge in [0.15, 0.2) is 17.5 Å². The van der Waals surface area contributed by atoms with Gasteiger partial charge in [-0.15, -0.1) is 0 Å². The number of fused-ring (bicyclic) bond motifs is 3. The number of nitrogens with one attached hydrogen (secondary N) is 3. The van der Waals surface area contributed by atoms with Crippen LogP contribution >= 0.6 is 23.2 Å². The summed E-state index contributed by atoms with van der Waals surface area (Å²) >= 11 is 11.4. The summed E-state index contributed by atoms with van der Waals surface area (Å²) in [4.78, 5) is 143. The average molecular weight is 1770 g/mol. The number of nitro groups is 2. The Bertz CT molecular complexity index is 5680. The molecule has 3 amide bonds. The van der Waals surface area contributed by atoms with Crippen molar-refractivity contribution in [2.75, 3.05) is 103 Å². The van der Waals surface area contributed by atoms with Gasteiger partial charge in [-0.25, -0.2) is 39.3 Å². The normalized spacial score (nSPS) is 12.7. The van der Waals surface area contributed by atoms with Gasteiger partial charge in [0.2, 0.25) is 28.7 Å². The van der Waals surface area contributed by atoms with E-state index in [4.69, 9.17) is 43.1 Å². The fraction of sp³-hybridized carbons (Fsp3) is 0.228. The molecule has 0 bridgehead atoms. The summed E-state index contributed by atoms with van der Waals surface area (Å²) in [6.45, 7) is 7.03. The number of benzene rings is 6. The topological polar surface area (TPSA) is 417 Å². The Morgan fingerprint density at radius 1 is 0.504 bits per heavy atom. The number of hydrogen-bond acceptors (Lipinski definition) is 27. The molecule has 0 fully saturated rings. The van der Waals surface area contributed by atoms with Crippen LogP contribution < -0.4 is 35.6 Å². The van der Waals surface area contributed by atoms with Gasteiger partial charge in [0.25, 0.3) is 0 Å². The Hall–Kier alpha value is -14.9. The predicted molar refractivity (Wildman–Crippen MR) is 478 cm³/mol. The van der Waals surface area contributed by atoms with Crippen LogP contribution in [0.15, 0.2) is 243 Å². The first-order valence-corrected chi connectivity index (χ1v) is 40.6. The fourth-order valence-electron chi connectivity index (χ4n) is 13.3. The van der Waals surface area contributed by atoms with Crippen LogP contribution in [0.5, 0.6) is 0 Å². The van der Waals surface area contributed by atoms with Crippen LogP contribution in [0.4, 0.5) is 51.7 Å². The number of carboxylic acids is 1. The fourth-order valence-corrected chi connectivity index (χ4v) is 13.6. The molecule has 33 nitrogen and oxygen atoms in total. The molecule has 6 aromatic carbocycles. The summed E-state index contributed by atoms with van der Waals surface area (Å²) in [7, 11) is 3.90. The van der Waals surface area contributed by atoms with Gasteiger partial charge >= 0.3 is 41.2 Å². The van der Waals surface area contributed by atoms with Crippen LogP contribution in [0.2, 0.25) is 10.2 Å². The van der Waals surface area contributed by atoms with Gasteiger partial charge in [0.1, 0.15) is 6.54 Å². The number of ether oxygens (including phenoxy) is 4. The second kappa shape index (κ2) is 47.6. The molecule has 0 radical (unpaired) electrons. The van der Waals surface area contributed by atoms with Crippen LogP contribution in [-0.4, -0.2) is 165 Å². The van der Waals surface area contributed by atoms with Gasteiger partial charge in [0, 0.05) is 100 Å². The highest BCUT2D eigenvalue weighted by Crippen LogP contribution is 2.35. The largest absolute Gasteiger partial charge is 0.478 e. The SMILES string of the molecule is CCOC(=O)CN(Cc1ccccc1)c1ncc(C(=O)O)cc1[N+](=O)[O-].COC(=O)CCCc1ccccc1.COC(=O)c1cnc(Cl)c([N+](=O)[O-])c1.COC(=O)c1cnc2c(c1)NC(=O)CN2Cc1ccccc1.O=C1CN(Cc2ccccc2)c2ncc(CN3CC=C(c4ccc(Cl)cc4)CC3)cc2N1.O=C1CN(Cc2ccccc2)c2ncc(CO)cc2N1. The van der Waals surface area contributed by atoms with Crippen LogP contribution in [-0.2, 0) is 88.7 Å². The molecule has 15 rings (SSSR count). The Morgan fingerprint density at radius 2 is 0.945 bits per heavy atom. The predicted octanol–water partition coefficient (Wildman–Crippen LogP) is 14.2. The van der Waals surface area contributed by atoms with E-state index >= 15 is 0 Å². The number of carbonyl (C=O) groups is 8. The zero-order chi connectivity index (χ0) is 90.7. The number of aromatic carboxylic acids is 1. The molecule has 4 aliphatic rings. The van der Waals surface area contributed by atoms with Crippen LogP contribution in [0, 0.1) is 20.2 Å². The molecule has 0 saturated carbocycles. The summed E-state index contributed by atoms with van der Waals surface area (Å²) in [5.41, 5.74) is 10.9. The summed E-state index contributed by atoms with van der Waals surface area (Å²) in [6.07, 6.45) is 12.8. The molecule has 0 saturated heterocycles. The van der Waals surface area contributed by atoms with Crippen LogP contribution in [0.1, 0.15) is 102 Å². The number of methoxy groups -OCH3 is 3. The maximum absolute atomic E-state index is 12.3. The zero-order valence-corrected chi connectivity index (χ0v) is 71.2. The first-order chi connectivity index (χ1) is 61.4. The molecule has 4 aliphatic heterocycles. The molecule has 9 heterocycles. The number of halogens is 2. The third-order valence-electron chi connectivity index (χ3n) is 19.4. The lowest BCUT2D eigenvalue weighted by atomic mass is 9.99. The first kappa shape index (κ1) is 94.3. The van der Waals surface area contributed by atoms with E-state index in [9.17, 15) is 58.6 Å². The average Bonchev–Trinajstić information content (AvgIpc) is 0.812. The Balaban J connectivity index is 0.000000163. The van der Waals surface area contributed by atoms with E-state index in [1.54, 1.807) is 49.5 Å². The minimum Gasteiger partial charge on any atom is -0.478 e. The number of aryl methyl sites for hydroxylation is 1. The second-order valence-corrected chi connectivity index (χ2v) is 29.3. The number of carboxylic acid groups (broad SMARTS) is 1. The smallest absolute Gasteiger partial charge is 0.339 e. The third kappa shape index (κ3) is 28.6. The number of amides is 3. The van der Waals surface area contributed by atoms with E-state index in [0.717, 1.165) is 114 Å². The van der Waals surface area contributed by atoms with Crippen molar-refractivity contribution in [1.82, 2.24) is 29.8 Å². The van der Waals surface area contributed by atoms with Gasteiger partial charge < -0.3 is 64.7 Å². The molecule has 0 atom stereocenters. The molecule has 0 unspecified atom stereocenters. The number of aliphatic hydroxyl groups excluding tert-OH is 1. The minimum absolute atomic E-state index is 0.000827. The van der Waals surface area contributed by atoms with Crippen LogP contribution in [0.3, 0.4) is 0 Å². The van der Waals surface area contributed by atoms with Crippen molar-refractivity contribution in [3.63, 3.8) is 0 Å². The van der Waals surface area contributed by atoms with E-state index in [2.05, 4.69) is 104 Å². The molecule has 656 valence electrons. The van der Waals surface area contributed by atoms with Gasteiger partial charge in [-0.3, -0.25) is 49.1 Å². The van der Waals surface area contributed by atoms with Crippen molar-refractivity contribution in [3.05, 3.63) is 335 Å². The van der Waals surface area contributed by atoms with E-state index in [1.807, 2.05) is 136 Å². The molecule has 11 aromatic rings. The number of carbonyl (C=O) groups excluding carboxylic acids is 7. The van der Waals surface area contributed by atoms with Crippen molar-refractivity contribution < 1.29 is 77.4 Å². The Morgan fingerprint density at radius 3 is 1.40 bits per heavy atom. The lowest BCUT2D eigenvalue weighted by molar-refractivity contribution is -0.385. The molecule has 0 aliphatic carbocycles. The third-order valence-corrected chi connectivity index (χ3v) is 19.9. The lowest BCUT2D eigenvalue weighted by Gasteiger charge is -2.31. The first-order valence-electron chi connectivity index (χ1n) is 39.8. The number of pyridine rings is 5. The molecule has 5 N–H and O–H groups in total. The van der Waals surface area contributed by atoms with Crippen molar-refractivity contribution in [2.24, 2.45) is 0 Å². The van der Waals surface area contributed by atoms with Crippen molar-refractivity contribution >= 4 is 128 Å².